The molecule has 0 spiro atoms. The van der Waals surface area contributed by atoms with Crippen molar-refractivity contribution < 1.29 is 33.6 Å². The van der Waals surface area contributed by atoms with Gasteiger partial charge in [-0.15, -0.1) is 0 Å². The summed E-state index contributed by atoms with van der Waals surface area (Å²) in [5.74, 6) is -2.22. The van der Waals surface area contributed by atoms with Crippen molar-refractivity contribution in [1.82, 2.24) is 40.4 Å². The molecular weight excluding hydrogens is 897 g/mol. The van der Waals surface area contributed by atoms with E-state index < -0.39 is 60.0 Å². The van der Waals surface area contributed by atoms with Gasteiger partial charge in [-0.2, -0.15) is 0 Å². The van der Waals surface area contributed by atoms with E-state index in [1.165, 1.54) is 24.5 Å². The van der Waals surface area contributed by atoms with Crippen LogP contribution in [0.25, 0.3) is 0 Å². The zero-order valence-electron chi connectivity index (χ0n) is 47.9. The number of hydrogen-bond acceptors (Lipinski definition) is 8. The van der Waals surface area contributed by atoms with Crippen LogP contribution in [0.1, 0.15) is 147 Å². The first-order valence-corrected chi connectivity index (χ1v) is 26.6. The van der Waals surface area contributed by atoms with Crippen molar-refractivity contribution in [2.45, 2.75) is 191 Å². The maximum atomic E-state index is 15.1. The number of rotatable bonds is 31. The summed E-state index contributed by atoms with van der Waals surface area (Å²) in [4.78, 5) is 109. The van der Waals surface area contributed by atoms with Gasteiger partial charge in [0.05, 0.1) is 6.04 Å². The van der Waals surface area contributed by atoms with Gasteiger partial charge in [-0.25, -0.2) is 0 Å². The normalized spacial score (nSPS) is 14.8. The van der Waals surface area contributed by atoms with Crippen LogP contribution in [0, 0.1) is 41.4 Å². The number of hydrogen-bond donors (Lipinski definition) is 3. The zero-order valence-corrected chi connectivity index (χ0v) is 47.9. The lowest BCUT2D eigenvalue weighted by Crippen LogP contribution is -2.61. The van der Waals surface area contributed by atoms with Crippen LogP contribution in [0.15, 0.2) is 30.3 Å². The number of benzene rings is 1. The Morgan fingerprint density at radius 1 is 0.394 bits per heavy atom. The minimum absolute atomic E-state index is 0.00435. The minimum Gasteiger partial charge on any atom is -0.354 e. The van der Waals surface area contributed by atoms with Crippen molar-refractivity contribution in [2.75, 3.05) is 48.8 Å². The average molecular weight is 997 g/mol. The summed E-state index contributed by atoms with van der Waals surface area (Å²) in [6, 6.07) is 3.87. The second-order valence-electron chi connectivity index (χ2n) is 23.2. The van der Waals surface area contributed by atoms with E-state index in [-0.39, 0.29) is 77.9 Å². The molecule has 7 atom stereocenters. The number of carbonyl (C=O) groups excluding carboxylic acids is 7. The molecule has 1 aromatic rings. The number of carbonyl (C=O) groups is 7. The molecule has 0 fully saturated rings. The topological polar surface area (TPSA) is 172 Å². The Bertz CT molecular complexity index is 1820. The molecule has 3 N–H and O–H groups in total. The largest absolute Gasteiger partial charge is 0.354 e. The minimum atomic E-state index is -0.992. The molecule has 71 heavy (non-hydrogen) atoms. The van der Waals surface area contributed by atoms with Crippen LogP contribution < -0.4 is 16.0 Å². The van der Waals surface area contributed by atoms with E-state index in [1.54, 1.807) is 42.3 Å². The van der Waals surface area contributed by atoms with E-state index in [1.807, 2.05) is 127 Å². The maximum Gasteiger partial charge on any atom is 0.245 e. The van der Waals surface area contributed by atoms with Gasteiger partial charge in [0, 0.05) is 41.8 Å². The third-order valence-corrected chi connectivity index (χ3v) is 13.2. The predicted octanol–water partition coefficient (Wildman–Crippen LogP) is 6.88. The second-order valence-corrected chi connectivity index (χ2v) is 23.2. The van der Waals surface area contributed by atoms with Crippen molar-refractivity contribution in [3.8, 4) is 0 Å². The van der Waals surface area contributed by atoms with E-state index >= 15 is 9.59 Å². The highest BCUT2D eigenvalue weighted by molar-refractivity contribution is 5.97. The lowest BCUT2D eigenvalue weighted by atomic mass is 9.94. The van der Waals surface area contributed by atoms with Crippen molar-refractivity contribution in [2.24, 2.45) is 41.4 Å². The third-order valence-electron chi connectivity index (χ3n) is 13.2. The van der Waals surface area contributed by atoms with Gasteiger partial charge in [-0.05, 0) is 105 Å². The molecule has 1 rings (SSSR count). The summed E-state index contributed by atoms with van der Waals surface area (Å²) in [6.45, 7) is 28.2. The summed E-state index contributed by atoms with van der Waals surface area (Å²) in [5.41, 5.74) is 1.09. The molecule has 0 unspecified atom stereocenters. The van der Waals surface area contributed by atoms with Crippen LogP contribution in [0.4, 0.5) is 0 Å². The van der Waals surface area contributed by atoms with Crippen LogP contribution in [0.2, 0.25) is 0 Å². The number of likely N-dealkylation sites (N-methyl/N-ethyl adjacent to an activating group) is 6. The van der Waals surface area contributed by atoms with Crippen LogP contribution in [-0.2, 0) is 40.0 Å². The molecule has 7 amide bonds. The van der Waals surface area contributed by atoms with Crippen LogP contribution >= 0.6 is 0 Å². The van der Waals surface area contributed by atoms with Crippen molar-refractivity contribution >= 4 is 41.4 Å². The van der Waals surface area contributed by atoms with Crippen LogP contribution in [0.5, 0.6) is 0 Å². The van der Waals surface area contributed by atoms with Gasteiger partial charge in [-0.3, -0.25) is 33.6 Å². The standard InChI is InChI=1S/C56H100N8O7/c1-35(2)28-43(57-15)50(65)59-44(29-36(3)4)52(67)61(17)46(31-38(7)8)54(69)63(19)48(33-40(11)12)56(71)64(20)49(34-41(13)14)55(70)62(18)47(32-39(9)10)53(68)60(16)45(30-37(5)6)51(66)58-27-26-42-24-22-21-23-25-42/h21-25,35-41,43-49,57H,26-34H2,1-20H3,(H,58,66)(H,59,65)/t43-,44-,45-,46-,47-,48-,49-/m0/s1. The third kappa shape index (κ3) is 21.2. The quantitative estimate of drug-likeness (QED) is 0.0724. The van der Waals surface area contributed by atoms with Gasteiger partial charge < -0.3 is 40.4 Å². The first kappa shape index (κ1) is 64.5. The SMILES string of the molecule is CN[C@@H](CC(C)C)C(=O)N[C@@H](CC(C)C)C(=O)N(C)[C@@H](CC(C)C)C(=O)N(C)[C@@H](CC(C)C)C(=O)N(C)[C@@H](CC(C)C)C(=O)N(C)[C@@H](CC(C)C)C(=O)N(C)[C@@H](CC(C)C)C(=O)NCCc1ccccc1. The Hall–Kier alpha value is -4.53. The molecule has 0 saturated heterocycles. The fourth-order valence-corrected chi connectivity index (χ4v) is 9.21. The van der Waals surface area contributed by atoms with Crippen molar-refractivity contribution in [3.63, 3.8) is 0 Å². The Morgan fingerprint density at radius 3 is 1.01 bits per heavy atom. The predicted molar refractivity (Wildman–Crippen MR) is 287 cm³/mol. The maximum absolute atomic E-state index is 15.1. The summed E-state index contributed by atoms with van der Waals surface area (Å²) in [5, 5.41) is 9.12. The summed E-state index contributed by atoms with van der Waals surface area (Å²) in [7, 11) is 9.74. The molecule has 15 heteroatoms. The zero-order chi connectivity index (χ0) is 54.6. The first-order chi connectivity index (χ1) is 33.0. The van der Waals surface area contributed by atoms with Gasteiger partial charge in [-0.1, -0.05) is 127 Å². The molecule has 15 nitrogen and oxygen atoms in total. The molecule has 0 aliphatic rings. The molecule has 0 heterocycles. The van der Waals surface area contributed by atoms with E-state index in [4.69, 9.17) is 0 Å². The van der Waals surface area contributed by atoms with Gasteiger partial charge in [0.25, 0.3) is 0 Å². The lowest BCUT2D eigenvalue weighted by molar-refractivity contribution is -0.156. The first-order valence-electron chi connectivity index (χ1n) is 26.6. The Balaban J connectivity index is 3.67. The molecule has 0 saturated carbocycles. The smallest absolute Gasteiger partial charge is 0.245 e. The van der Waals surface area contributed by atoms with Gasteiger partial charge in [0.2, 0.25) is 41.4 Å². The second kappa shape index (κ2) is 31.1. The summed E-state index contributed by atoms with van der Waals surface area (Å²) in [6.07, 6.45) is 3.23. The molecule has 0 aliphatic carbocycles. The van der Waals surface area contributed by atoms with E-state index in [2.05, 4.69) is 16.0 Å². The molecule has 0 radical (unpaired) electrons. The fourth-order valence-electron chi connectivity index (χ4n) is 9.21. The molecule has 406 valence electrons. The highest BCUT2D eigenvalue weighted by Gasteiger charge is 2.43. The highest BCUT2D eigenvalue weighted by Crippen LogP contribution is 2.25. The number of amides is 7. The summed E-state index contributed by atoms with van der Waals surface area (Å²) < 4.78 is 0. The monoisotopic (exact) mass is 997 g/mol. The lowest BCUT2D eigenvalue weighted by Gasteiger charge is -2.41. The van der Waals surface area contributed by atoms with E-state index in [0.717, 1.165) is 5.56 Å². The van der Waals surface area contributed by atoms with Gasteiger partial charge in [0.15, 0.2) is 0 Å². The Kier molecular flexibility index (Phi) is 28.3. The van der Waals surface area contributed by atoms with E-state index in [0.29, 0.717) is 45.1 Å². The van der Waals surface area contributed by atoms with Crippen molar-refractivity contribution in [1.29, 1.82) is 0 Å². The molecule has 1 aromatic carbocycles. The van der Waals surface area contributed by atoms with Crippen molar-refractivity contribution in [3.05, 3.63) is 35.9 Å². The Morgan fingerprint density at radius 2 is 0.690 bits per heavy atom. The molecule has 0 aliphatic heterocycles. The summed E-state index contributed by atoms with van der Waals surface area (Å²) >= 11 is 0. The average Bonchev–Trinajstić information content (AvgIpc) is 3.28. The van der Waals surface area contributed by atoms with Gasteiger partial charge in [0.1, 0.15) is 36.3 Å². The molecular formula is C56H100N8O7. The fraction of sp³-hybridized carbons (Fsp3) is 0.768. The highest BCUT2D eigenvalue weighted by atomic mass is 16.2. The number of nitrogens with zero attached hydrogens (tertiary/aromatic N) is 5. The Labute approximate surface area is 430 Å². The van der Waals surface area contributed by atoms with E-state index in [9.17, 15) is 24.0 Å². The van der Waals surface area contributed by atoms with Crippen LogP contribution in [0.3, 0.4) is 0 Å². The van der Waals surface area contributed by atoms with Crippen LogP contribution in [-0.4, -0.2) is 157 Å². The number of nitrogens with one attached hydrogen (secondary N) is 3. The van der Waals surface area contributed by atoms with Gasteiger partial charge >= 0.3 is 0 Å². The molecule has 0 bridgehead atoms. The molecule has 0 aromatic heterocycles.